The minimum Gasteiger partial charge on any atom is -0.493 e. The van der Waals surface area contributed by atoms with Gasteiger partial charge in [0.25, 0.3) is 0 Å². The molecule has 334 valence electrons. The number of ketones is 1. The van der Waals surface area contributed by atoms with Crippen molar-refractivity contribution in [2.45, 2.75) is 81.2 Å². The second-order valence-electron chi connectivity index (χ2n) is 17.9. The molecular weight excluding hydrogens is 789 g/mol. The summed E-state index contributed by atoms with van der Waals surface area (Å²) >= 11 is 0. The van der Waals surface area contributed by atoms with Gasteiger partial charge >= 0.3 is 0 Å². The Morgan fingerprint density at radius 3 is 2.06 bits per heavy atom. The lowest BCUT2D eigenvalue weighted by Gasteiger charge is -2.36. The number of H-pyrrole nitrogens is 1. The minimum absolute atomic E-state index is 0.147. The highest BCUT2D eigenvalue weighted by molar-refractivity contribution is 5.97. The van der Waals surface area contributed by atoms with Crippen molar-refractivity contribution >= 4 is 39.3 Å². The Kier molecular flexibility index (Phi) is 17.1. The van der Waals surface area contributed by atoms with Gasteiger partial charge in [0.2, 0.25) is 11.8 Å². The fraction of sp³-hybridized carbons (Fsp3) is 0.404. The van der Waals surface area contributed by atoms with Crippen LogP contribution in [-0.4, -0.2) is 88.3 Å². The van der Waals surface area contributed by atoms with E-state index in [0.29, 0.717) is 39.3 Å². The summed E-state index contributed by atoms with van der Waals surface area (Å²) in [4.78, 5) is 50.7. The predicted octanol–water partition coefficient (Wildman–Crippen LogP) is 9.67. The molecule has 0 bridgehead atoms. The number of pyridine rings is 2. The zero-order chi connectivity index (χ0) is 45.6. The number of fused-ring (bicyclic) bond motifs is 2. The van der Waals surface area contributed by atoms with Crippen molar-refractivity contribution in [3.05, 3.63) is 115 Å². The number of ether oxygens (including phenoxy) is 2. The molecule has 1 fully saturated rings. The van der Waals surface area contributed by atoms with Gasteiger partial charge < -0.3 is 29.9 Å². The Bertz CT molecular complexity index is 2420. The van der Waals surface area contributed by atoms with Crippen molar-refractivity contribution in [2.75, 3.05) is 46.0 Å². The first kappa shape index (κ1) is 48.1. The summed E-state index contributed by atoms with van der Waals surface area (Å²) < 4.78 is 12.6. The van der Waals surface area contributed by atoms with Gasteiger partial charge in [0, 0.05) is 110 Å². The SMILES string of the molecule is CC.CC(C)(COCC(C)(C)CC(=O)N1CCN(Cc2ccc(-c3c[nH]c4ccncc34)c(OCCc3ccc(-c4cccc5ccncc45)cc3)c2)CC1)CC(N)=O.CC(C)=O. The maximum Gasteiger partial charge on any atom is 0.223 e. The van der Waals surface area contributed by atoms with Crippen LogP contribution in [0, 0.1) is 10.8 Å². The number of rotatable bonds is 16. The number of benzene rings is 3. The summed E-state index contributed by atoms with van der Waals surface area (Å²) in [5.41, 5.74) is 12.6. The normalized spacial score (nSPS) is 13.2. The fourth-order valence-corrected chi connectivity index (χ4v) is 7.80. The number of nitrogens with two attached hydrogens (primary N) is 1. The van der Waals surface area contributed by atoms with E-state index < -0.39 is 0 Å². The topological polar surface area (TPSA) is 144 Å². The van der Waals surface area contributed by atoms with Crippen molar-refractivity contribution in [3.63, 3.8) is 0 Å². The lowest BCUT2D eigenvalue weighted by molar-refractivity contribution is -0.136. The second-order valence-corrected chi connectivity index (χ2v) is 17.9. The van der Waals surface area contributed by atoms with E-state index in [2.05, 4.69) is 94.4 Å². The molecule has 3 N–H and O–H groups in total. The van der Waals surface area contributed by atoms with Crippen molar-refractivity contribution in [2.24, 2.45) is 16.6 Å². The van der Waals surface area contributed by atoms with Crippen LogP contribution in [0.15, 0.2) is 104 Å². The van der Waals surface area contributed by atoms with Gasteiger partial charge in [0.1, 0.15) is 11.5 Å². The number of amides is 2. The number of aromatic amines is 1. The van der Waals surface area contributed by atoms with E-state index in [1.807, 2.05) is 69.5 Å². The average molecular weight is 855 g/mol. The molecule has 1 aliphatic heterocycles. The smallest absolute Gasteiger partial charge is 0.223 e. The zero-order valence-corrected chi connectivity index (χ0v) is 38.5. The monoisotopic (exact) mass is 855 g/mol. The Morgan fingerprint density at radius 1 is 0.746 bits per heavy atom. The maximum absolute atomic E-state index is 13.4. The molecule has 1 aliphatic rings. The summed E-state index contributed by atoms with van der Waals surface area (Å²) in [6, 6.07) is 25.6. The van der Waals surface area contributed by atoms with E-state index in [4.69, 9.17) is 15.2 Å². The van der Waals surface area contributed by atoms with Crippen LogP contribution >= 0.6 is 0 Å². The molecule has 6 aromatic rings. The van der Waals surface area contributed by atoms with Crippen LogP contribution in [-0.2, 0) is 32.1 Å². The standard InChI is InChI=1S/C47H54N6O4.C3H6O.C2H6/c1-46(2,25-44(48)54)31-56-32-47(3,4)26-45(55)53-21-19-52(20-22-53)30-34-10-13-38(40-29-51-42-15-18-50-28-41(40)42)43(24-34)57-23-16-33-8-11-36(12-9-33)37-7-5-6-35-14-17-49-27-39(35)37;1-3(2)4;1-2/h5-15,17-18,24,27-29,51H,16,19-23,25-26,30-32H2,1-4H3,(H2,48,54);1-2H3;1-2H3. The average Bonchev–Trinajstić information content (AvgIpc) is 3.68. The van der Waals surface area contributed by atoms with Crippen LogP contribution in [0.1, 0.15) is 79.4 Å². The molecule has 0 radical (unpaired) electrons. The molecule has 63 heavy (non-hydrogen) atoms. The third-order valence-corrected chi connectivity index (χ3v) is 10.8. The van der Waals surface area contributed by atoms with Crippen LogP contribution in [0.4, 0.5) is 0 Å². The van der Waals surface area contributed by atoms with Crippen molar-refractivity contribution in [1.29, 1.82) is 0 Å². The molecule has 3 aromatic heterocycles. The fourth-order valence-electron chi connectivity index (χ4n) is 7.80. The van der Waals surface area contributed by atoms with Crippen molar-refractivity contribution in [1.82, 2.24) is 24.8 Å². The molecule has 11 heteroatoms. The number of hydrogen-bond acceptors (Lipinski definition) is 8. The molecule has 0 aliphatic carbocycles. The molecular formula is C52H66N6O5. The lowest BCUT2D eigenvalue weighted by Crippen LogP contribution is -2.49. The van der Waals surface area contributed by atoms with Crippen molar-refractivity contribution < 1.29 is 23.9 Å². The summed E-state index contributed by atoms with van der Waals surface area (Å²) in [6.45, 7) is 20.2. The van der Waals surface area contributed by atoms with Gasteiger partial charge in [-0.2, -0.15) is 0 Å². The molecule has 0 spiro atoms. The largest absolute Gasteiger partial charge is 0.493 e. The van der Waals surface area contributed by atoms with E-state index in [0.717, 1.165) is 64.8 Å². The Labute approximate surface area is 373 Å². The first-order chi connectivity index (χ1) is 30.2. The van der Waals surface area contributed by atoms with E-state index in [1.165, 1.54) is 35.9 Å². The summed E-state index contributed by atoms with van der Waals surface area (Å²) in [7, 11) is 0. The van der Waals surface area contributed by atoms with Gasteiger partial charge in [-0.25, -0.2) is 0 Å². The number of carbonyl (C=O) groups excluding carboxylic acids is 3. The van der Waals surface area contributed by atoms with Crippen LogP contribution in [0.25, 0.3) is 43.9 Å². The molecule has 0 atom stereocenters. The van der Waals surface area contributed by atoms with Crippen LogP contribution < -0.4 is 10.5 Å². The predicted molar refractivity (Wildman–Crippen MR) is 254 cm³/mol. The second kappa shape index (κ2) is 22.4. The molecule has 2 amide bonds. The molecule has 4 heterocycles. The van der Waals surface area contributed by atoms with Gasteiger partial charge in [-0.15, -0.1) is 0 Å². The lowest BCUT2D eigenvalue weighted by atomic mass is 9.88. The quantitative estimate of drug-likeness (QED) is 0.0980. The molecule has 0 saturated carbocycles. The highest BCUT2D eigenvalue weighted by Crippen LogP contribution is 2.36. The number of piperazine rings is 1. The van der Waals surface area contributed by atoms with Gasteiger partial charge in [-0.05, 0) is 70.5 Å². The number of hydrogen-bond donors (Lipinski definition) is 2. The maximum atomic E-state index is 13.4. The van der Waals surface area contributed by atoms with Crippen LogP contribution in [0.2, 0.25) is 0 Å². The minimum atomic E-state index is -0.339. The van der Waals surface area contributed by atoms with Crippen LogP contribution in [0.5, 0.6) is 5.75 Å². The third-order valence-electron chi connectivity index (χ3n) is 10.8. The van der Waals surface area contributed by atoms with E-state index in [9.17, 15) is 14.4 Å². The summed E-state index contributed by atoms with van der Waals surface area (Å²) in [6.07, 6.45) is 10.9. The van der Waals surface area contributed by atoms with Gasteiger partial charge in [0.15, 0.2) is 0 Å². The number of Topliss-reactive ketones (excluding diaryl/α,β-unsaturated/α-hetero) is 1. The van der Waals surface area contributed by atoms with Gasteiger partial charge in [0.05, 0.1) is 19.8 Å². The molecule has 11 nitrogen and oxygen atoms in total. The van der Waals surface area contributed by atoms with E-state index >= 15 is 0 Å². The van der Waals surface area contributed by atoms with E-state index in [1.54, 1.807) is 6.20 Å². The number of carbonyl (C=O) groups is 3. The van der Waals surface area contributed by atoms with Crippen LogP contribution in [0.3, 0.4) is 0 Å². The Balaban J connectivity index is 0.00000118. The van der Waals surface area contributed by atoms with E-state index in [-0.39, 0.29) is 34.8 Å². The van der Waals surface area contributed by atoms with Crippen molar-refractivity contribution in [3.8, 4) is 28.0 Å². The van der Waals surface area contributed by atoms with Gasteiger partial charge in [-0.3, -0.25) is 24.5 Å². The summed E-state index contributed by atoms with van der Waals surface area (Å²) in [5, 5.41) is 3.38. The number of nitrogens with zero attached hydrogens (tertiary/aromatic N) is 4. The first-order valence-corrected chi connectivity index (χ1v) is 22.1. The van der Waals surface area contributed by atoms with Gasteiger partial charge in [-0.1, -0.05) is 96.1 Å². The molecule has 0 unspecified atom stereocenters. The Hall–Kier alpha value is -5.91. The summed E-state index contributed by atoms with van der Waals surface area (Å²) in [5.74, 6) is 0.817. The number of aromatic nitrogens is 3. The molecule has 3 aromatic carbocycles. The Morgan fingerprint density at radius 2 is 1.38 bits per heavy atom. The highest BCUT2D eigenvalue weighted by Gasteiger charge is 2.29. The zero-order valence-electron chi connectivity index (χ0n) is 38.5. The molecule has 7 rings (SSSR count). The third kappa shape index (κ3) is 14.0. The number of primary amides is 1. The highest BCUT2D eigenvalue weighted by atomic mass is 16.5. The number of nitrogens with one attached hydrogen (secondary N) is 1. The molecule has 1 saturated heterocycles. The first-order valence-electron chi connectivity index (χ1n) is 22.1.